The second-order valence-corrected chi connectivity index (χ2v) is 8.51. The van der Waals surface area contributed by atoms with Crippen LogP contribution in [0.2, 0.25) is 0 Å². The van der Waals surface area contributed by atoms with E-state index in [-0.39, 0.29) is 5.91 Å². The highest BCUT2D eigenvalue weighted by Crippen LogP contribution is 2.28. The van der Waals surface area contributed by atoms with Crippen LogP contribution >= 0.6 is 11.3 Å². The molecule has 0 aromatic carbocycles. The molecule has 0 saturated carbocycles. The van der Waals surface area contributed by atoms with Crippen LogP contribution in [-0.2, 0) is 13.0 Å². The van der Waals surface area contributed by atoms with E-state index in [0.717, 1.165) is 62.6 Å². The Morgan fingerprint density at radius 1 is 1.38 bits per heavy atom. The Kier molecular flexibility index (Phi) is 6.48. The minimum absolute atomic E-state index is 0.185. The van der Waals surface area contributed by atoms with Crippen molar-refractivity contribution in [3.63, 3.8) is 0 Å². The van der Waals surface area contributed by atoms with Gasteiger partial charge in [-0.2, -0.15) is 0 Å². The molecular weight excluding hydrogens is 344 g/mol. The number of hydrogen-bond acceptors (Lipinski definition) is 4. The number of nitrogens with zero attached hydrogens (tertiary/aromatic N) is 4. The van der Waals surface area contributed by atoms with Crippen LogP contribution in [0.4, 0.5) is 0 Å². The monoisotopic (exact) mass is 374 g/mol. The molecule has 3 rings (SSSR count). The molecule has 0 radical (unpaired) electrons. The summed E-state index contributed by atoms with van der Waals surface area (Å²) in [5.41, 5.74) is 0. The maximum absolute atomic E-state index is 12.9. The molecule has 1 amide bonds. The van der Waals surface area contributed by atoms with Gasteiger partial charge in [-0.1, -0.05) is 6.92 Å². The molecule has 1 aliphatic rings. The summed E-state index contributed by atoms with van der Waals surface area (Å²) in [6.45, 7) is 5.83. The molecule has 1 saturated heterocycles. The van der Waals surface area contributed by atoms with Crippen LogP contribution in [0.15, 0.2) is 24.5 Å². The third-order valence-electron chi connectivity index (χ3n) is 5.05. The van der Waals surface area contributed by atoms with E-state index in [2.05, 4.69) is 47.7 Å². The molecule has 1 atom stereocenters. The lowest BCUT2D eigenvalue weighted by molar-refractivity contribution is 0.0708. The van der Waals surface area contributed by atoms with Gasteiger partial charge in [-0.3, -0.25) is 4.79 Å². The molecular formula is C20H30N4OS. The minimum atomic E-state index is 0.185. The van der Waals surface area contributed by atoms with Gasteiger partial charge in [0.25, 0.3) is 5.91 Å². The van der Waals surface area contributed by atoms with Crippen molar-refractivity contribution in [2.24, 2.45) is 0 Å². The van der Waals surface area contributed by atoms with Crippen molar-refractivity contribution >= 4 is 17.2 Å². The van der Waals surface area contributed by atoms with Gasteiger partial charge < -0.3 is 14.4 Å². The first-order valence-electron chi connectivity index (χ1n) is 9.62. The van der Waals surface area contributed by atoms with Gasteiger partial charge in [0.15, 0.2) is 0 Å². The Morgan fingerprint density at radius 3 is 2.96 bits per heavy atom. The Labute approximate surface area is 160 Å². The zero-order valence-corrected chi connectivity index (χ0v) is 17.0. The highest BCUT2D eigenvalue weighted by atomic mass is 32.1. The number of carbonyl (C=O) groups excluding carboxylic acids is 1. The van der Waals surface area contributed by atoms with E-state index in [1.165, 1.54) is 4.88 Å². The quantitative estimate of drug-likeness (QED) is 0.745. The Hall–Kier alpha value is -1.66. The van der Waals surface area contributed by atoms with Gasteiger partial charge >= 0.3 is 0 Å². The van der Waals surface area contributed by atoms with E-state index < -0.39 is 0 Å². The summed E-state index contributed by atoms with van der Waals surface area (Å²) in [6.07, 6.45) is 8.24. The summed E-state index contributed by atoms with van der Waals surface area (Å²) in [7, 11) is 4.21. The number of rotatable bonds is 7. The summed E-state index contributed by atoms with van der Waals surface area (Å²) >= 11 is 1.63. The summed E-state index contributed by atoms with van der Waals surface area (Å²) in [5, 5.41) is 0. The zero-order chi connectivity index (χ0) is 18.5. The zero-order valence-electron chi connectivity index (χ0n) is 16.1. The molecule has 142 valence electrons. The number of imidazole rings is 1. The van der Waals surface area contributed by atoms with E-state index in [9.17, 15) is 4.79 Å². The summed E-state index contributed by atoms with van der Waals surface area (Å²) < 4.78 is 2.28. The van der Waals surface area contributed by atoms with Crippen molar-refractivity contribution in [3.05, 3.63) is 40.1 Å². The molecule has 2 aromatic heterocycles. The molecule has 26 heavy (non-hydrogen) atoms. The van der Waals surface area contributed by atoms with Crippen LogP contribution in [0, 0.1) is 0 Å². The number of amides is 1. The van der Waals surface area contributed by atoms with Crippen molar-refractivity contribution in [2.75, 3.05) is 33.7 Å². The van der Waals surface area contributed by atoms with Gasteiger partial charge in [0.05, 0.1) is 4.88 Å². The smallest absolute Gasteiger partial charge is 0.263 e. The van der Waals surface area contributed by atoms with Crippen molar-refractivity contribution in [1.29, 1.82) is 0 Å². The van der Waals surface area contributed by atoms with Crippen molar-refractivity contribution in [3.8, 4) is 0 Å². The van der Waals surface area contributed by atoms with Gasteiger partial charge in [0, 0.05) is 42.8 Å². The van der Waals surface area contributed by atoms with E-state index in [0.29, 0.717) is 5.92 Å². The second-order valence-electron chi connectivity index (χ2n) is 7.35. The van der Waals surface area contributed by atoms with Crippen molar-refractivity contribution < 1.29 is 4.79 Å². The van der Waals surface area contributed by atoms with Gasteiger partial charge in [0.2, 0.25) is 0 Å². The topological polar surface area (TPSA) is 41.4 Å². The largest absolute Gasteiger partial charge is 0.337 e. The number of carbonyl (C=O) groups is 1. The van der Waals surface area contributed by atoms with Crippen LogP contribution in [0.3, 0.4) is 0 Å². The van der Waals surface area contributed by atoms with Crippen molar-refractivity contribution in [2.45, 2.75) is 45.1 Å². The minimum Gasteiger partial charge on any atom is -0.337 e. The number of aryl methyl sites for hydroxylation is 2. The molecule has 1 fully saturated rings. The predicted octanol–water partition coefficient (Wildman–Crippen LogP) is 3.48. The maximum atomic E-state index is 12.9. The van der Waals surface area contributed by atoms with Crippen molar-refractivity contribution in [1.82, 2.24) is 19.4 Å². The molecule has 0 N–H and O–H groups in total. The fourth-order valence-corrected chi connectivity index (χ4v) is 4.55. The number of thiophene rings is 1. The Balaban J connectivity index is 1.65. The van der Waals surface area contributed by atoms with E-state index >= 15 is 0 Å². The Morgan fingerprint density at radius 2 is 2.23 bits per heavy atom. The molecule has 0 spiro atoms. The SMILES string of the molecule is CCc1ccc(C(=O)N2CCC[C@H](c3nccn3CCCN(C)C)C2)s1. The van der Waals surface area contributed by atoms with Gasteiger partial charge in [-0.25, -0.2) is 4.98 Å². The fourth-order valence-electron chi connectivity index (χ4n) is 3.64. The summed E-state index contributed by atoms with van der Waals surface area (Å²) in [6, 6.07) is 4.06. The lowest BCUT2D eigenvalue weighted by Crippen LogP contribution is -2.39. The van der Waals surface area contributed by atoms with Gasteiger partial charge in [0.1, 0.15) is 5.82 Å². The van der Waals surface area contributed by atoms with Crippen LogP contribution in [-0.4, -0.2) is 59.0 Å². The van der Waals surface area contributed by atoms with E-state index in [1.807, 2.05) is 17.2 Å². The molecule has 0 bridgehead atoms. The first kappa shape index (κ1) is 19.1. The third-order valence-corrected chi connectivity index (χ3v) is 6.26. The van der Waals surface area contributed by atoms with Crippen LogP contribution < -0.4 is 0 Å². The lowest BCUT2D eigenvalue weighted by atomic mass is 9.97. The first-order chi connectivity index (χ1) is 12.6. The first-order valence-corrected chi connectivity index (χ1v) is 10.4. The van der Waals surface area contributed by atoms with Crippen LogP contribution in [0.25, 0.3) is 0 Å². The fraction of sp³-hybridized carbons (Fsp3) is 0.600. The number of aromatic nitrogens is 2. The third kappa shape index (κ3) is 4.54. The lowest BCUT2D eigenvalue weighted by Gasteiger charge is -2.32. The standard InChI is InChI=1S/C20H30N4OS/c1-4-17-8-9-18(26-17)20(25)24-12-5-7-16(15-24)19-21-10-14-23(19)13-6-11-22(2)3/h8-10,14,16H,4-7,11-13,15H2,1-3H3/t16-/m0/s1. The summed E-state index contributed by atoms with van der Waals surface area (Å²) in [5.74, 6) is 1.67. The number of piperidine rings is 1. The summed E-state index contributed by atoms with van der Waals surface area (Å²) in [4.78, 5) is 23.9. The average molecular weight is 375 g/mol. The normalized spacial score (nSPS) is 17.8. The highest BCUT2D eigenvalue weighted by molar-refractivity contribution is 7.14. The maximum Gasteiger partial charge on any atom is 0.263 e. The molecule has 5 nitrogen and oxygen atoms in total. The van der Waals surface area contributed by atoms with E-state index in [4.69, 9.17) is 0 Å². The van der Waals surface area contributed by atoms with Crippen LogP contribution in [0.5, 0.6) is 0 Å². The predicted molar refractivity (Wildman–Crippen MR) is 107 cm³/mol. The van der Waals surface area contributed by atoms with Gasteiger partial charge in [-0.05, 0) is 58.5 Å². The molecule has 0 unspecified atom stereocenters. The average Bonchev–Trinajstić information content (AvgIpc) is 3.30. The Bertz CT molecular complexity index is 721. The molecule has 1 aliphatic heterocycles. The van der Waals surface area contributed by atoms with E-state index in [1.54, 1.807) is 11.3 Å². The number of hydrogen-bond donors (Lipinski definition) is 0. The molecule has 2 aromatic rings. The molecule has 0 aliphatic carbocycles. The highest BCUT2D eigenvalue weighted by Gasteiger charge is 2.28. The second kappa shape index (κ2) is 8.82. The number of likely N-dealkylation sites (tertiary alicyclic amines) is 1. The molecule has 3 heterocycles. The molecule has 6 heteroatoms. The van der Waals surface area contributed by atoms with Gasteiger partial charge in [-0.15, -0.1) is 11.3 Å². The van der Waals surface area contributed by atoms with Crippen LogP contribution in [0.1, 0.15) is 52.5 Å².